The van der Waals surface area contributed by atoms with Gasteiger partial charge in [-0.05, 0) is 42.5 Å². The van der Waals surface area contributed by atoms with Crippen molar-refractivity contribution in [3.8, 4) is 11.4 Å². The molecule has 1 unspecified atom stereocenters. The standard InChI is InChI=1S/C23H20FN3O4.ClH/c1-2-23(30)15-7-18-20-13(8-27(18)21(28)14(15)9-31-22(23)29)11-3-4-16(25)12-5-10(24)6-17(26-20)19(11)12;/h5-7,16,30H,2-4,8-9,25H2,1H3;1H/t16?,23-;/m0./s1. The van der Waals surface area contributed by atoms with Gasteiger partial charge in [-0.2, -0.15) is 0 Å². The van der Waals surface area contributed by atoms with Crippen LogP contribution in [-0.4, -0.2) is 20.6 Å². The topological polar surface area (TPSA) is 107 Å². The van der Waals surface area contributed by atoms with E-state index in [4.69, 9.17) is 15.5 Å². The third-order valence-electron chi connectivity index (χ3n) is 7.00. The van der Waals surface area contributed by atoms with Crippen molar-refractivity contribution in [2.75, 3.05) is 0 Å². The maximum absolute atomic E-state index is 14.3. The predicted molar refractivity (Wildman–Crippen MR) is 117 cm³/mol. The van der Waals surface area contributed by atoms with Crippen molar-refractivity contribution in [2.45, 2.75) is 51.0 Å². The van der Waals surface area contributed by atoms with Gasteiger partial charge in [-0.3, -0.25) is 4.79 Å². The molecule has 7 nitrogen and oxygen atoms in total. The number of cyclic esters (lactones) is 1. The van der Waals surface area contributed by atoms with E-state index in [9.17, 15) is 19.1 Å². The van der Waals surface area contributed by atoms with Gasteiger partial charge in [0, 0.05) is 28.6 Å². The summed E-state index contributed by atoms with van der Waals surface area (Å²) in [6.45, 7) is 1.83. The molecule has 4 heterocycles. The monoisotopic (exact) mass is 457 g/mol. The Labute approximate surface area is 188 Å². The van der Waals surface area contributed by atoms with Gasteiger partial charge in [0.1, 0.15) is 12.4 Å². The molecule has 0 saturated carbocycles. The number of rotatable bonds is 1. The molecule has 0 fully saturated rings. The second-order valence-corrected chi connectivity index (χ2v) is 8.55. The summed E-state index contributed by atoms with van der Waals surface area (Å²) >= 11 is 0. The number of carbonyl (C=O) groups is 1. The number of esters is 1. The largest absolute Gasteiger partial charge is 0.458 e. The number of aryl methyl sites for hydroxylation is 1. The molecule has 1 aromatic carbocycles. The average Bonchev–Trinajstić information content (AvgIpc) is 3.12. The van der Waals surface area contributed by atoms with Gasteiger partial charge >= 0.3 is 5.97 Å². The van der Waals surface area contributed by atoms with Crippen LogP contribution < -0.4 is 11.3 Å². The summed E-state index contributed by atoms with van der Waals surface area (Å²) in [6, 6.07) is 4.28. The minimum absolute atomic E-state index is 0. The third kappa shape index (κ3) is 2.51. The summed E-state index contributed by atoms with van der Waals surface area (Å²) in [5.41, 5.74) is 8.94. The van der Waals surface area contributed by atoms with Crippen LogP contribution in [0.3, 0.4) is 0 Å². The Hall–Kier alpha value is -2.81. The Morgan fingerprint density at radius 1 is 1.28 bits per heavy atom. The van der Waals surface area contributed by atoms with Crippen LogP contribution >= 0.6 is 12.4 Å². The highest BCUT2D eigenvalue weighted by Gasteiger charge is 2.45. The smallest absolute Gasteiger partial charge is 0.343 e. The Morgan fingerprint density at radius 3 is 2.81 bits per heavy atom. The Kier molecular flexibility index (Phi) is 4.50. The van der Waals surface area contributed by atoms with E-state index in [1.165, 1.54) is 12.1 Å². The molecule has 6 rings (SSSR count). The fraction of sp³-hybridized carbons (Fsp3) is 0.348. The first-order valence-electron chi connectivity index (χ1n) is 10.4. The van der Waals surface area contributed by atoms with E-state index in [1.807, 2.05) is 0 Å². The van der Waals surface area contributed by atoms with E-state index in [1.54, 1.807) is 17.6 Å². The molecule has 166 valence electrons. The van der Waals surface area contributed by atoms with Gasteiger partial charge in [-0.25, -0.2) is 14.2 Å². The Morgan fingerprint density at radius 2 is 2.06 bits per heavy atom. The highest BCUT2D eigenvalue weighted by Crippen LogP contribution is 2.43. The molecule has 2 aliphatic heterocycles. The summed E-state index contributed by atoms with van der Waals surface area (Å²) in [5.74, 6) is -1.16. The number of benzene rings is 1. The number of fused-ring (bicyclic) bond motifs is 5. The molecule has 0 radical (unpaired) electrons. The number of ether oxygens (including phenoxy) is 1. The fourth-order valence-electron chi connectivity index (χ4n) is 5.33. The molecule has 0 spiro atoms. The quantitative estimate of drug-likeness (QED) is 0.425. The minimum Gasteiger partial charge on any atom is -0.458 e. The van der Waals surface area contributed by atoms with Crippen LogP contribution in [0.5, 0.6) is 0 Å². The van der Waals surface area contributed by atoms with Gasteiger partial charge in [0.05, 0.1) is 29.0 Å². The number of nitrogens with two attached hydrogens (primary N) is 1. The Balaban J connectivity index is 0.00000216. The fourth-order valence-corrected chi connectivity index (χ4v) is 5.33. The number of carbonyl (C=O) groups excluding carboxylic acids is 1. The number of nitrogens with zero attached hydrogens (tertiary/aromatic N) is 2. The number of aromatic nitrogens is 2. The molecule has 3 N–H and O–H groups in total. The molecular formula is C23H21ClFN3O4. The van der Waals surface area contributed by atoms with Crippen LogP contribution in [-0.2, 0) is 34.7 Å². The van der Waals surface area contributed by atoms with Crippen LogP contribution in [0.4, 0.5) is 4.39 Å². The summed E-state index contributed by atoms with van der Waals surface area (Å²) in [6.07, 6.45) is 1.48. The van der Waals surface area contributed by atoms with E-state index in [0.717, 1.165) is 22.1 Å². The lowest BCUT2D eigenvalue weighted by Gasteiger charge is -2.31. The zero-order valence-electron chi connectivity index (χ0n) is 17.3. The summed E-state index contributed by atoms with van der Waals surface area (Å²) in [7, 11) is 0. The first-order chi connectivity index (χ1) is 14.8. The number of hydrogen-bond acceptors (Lipinski definition) is 6. The van der Waals surface area contributed by atoms with Gasteiger partial charge < -0.3 is 20.1 Å². The van der Waals surface area contributed by atoms with Gasteiger partial charge in [-0.15, -0.1) is 12.4 Å². The van der Waals surface area contributed by atoms with Gasteiger partial charge in [-0.1, -0.05) is 6.92 Å². The van der Waals surface area contributed by atoms with E-state index in [-0.39, 0.29) is 48.2 Å². The number of halogens is 2. The van der Waals surface area contributed by atoms with E-state index >= 15 is 0 Å². The van der Waals surface area contributed by atoms with Crippen molar-refractivity contribution >= 4 is 29.3 Å². The van der Waals surface area contributed by atoms with E-state index in [0.29, 0.717) is 36.3 Å². The molecule has 9 heteroatoms. The molecule has 2 aromatic heterocycles. The molecule has 0 saturated heterocycles. The van der Waals surface area contributed by atoms with Crippen LogP contribution in [0.25, 0.3) is 22.3 Å². The van der Waals surface area contributed by atoms with Crippen molar-refractivity contribution < 1.29 is 19.0 Å². The molecular weight excluding hydrogens is 437 g/mol. The maximum atomic E-state index is 14.3. The lowest BCUT2D eigenvalue weighted by Crippen LogP contribution is -2.44. The summed E-state index contributed by atoms with van der Waals surface area (Å²) < 4.78 is 21.0. The Bertz CT molecular complexity index is 1400. The first-order valence-corrected chi connectivity index (χ1v) is 10.4. The van der Waals surface area contributed by atoms with Crippen LogP contribution in [0, 0.1) is 5.82 Å². The normalized spacial score (nSPS) is 22.6. The average molecular weight is 458 g/mol. The molecule has 1 aliphatic carbocycles. The second kappa shape index (κ2) is 6.84. The van der Waals surface area contributed by atoms with Gasteiger partial charge in [0.25, 0.3) is 5.56 Å². The first kappa shape index (κ1) is 21.1. The predicted octanol–water partition coefficient (Wildman–Crippen LogP) is 2.59. The van der Waals surface area contributed by atoms with Crippen molar-refractivity contribution in [1.29, 1.82) is 0 Å². The lowest BCUT2D eigenvalue weighted by molar-refractivity contribution is -0.172. The summed E-state index contributed by atoms with van der Waals surface area (Å²) in [5, 5.41) is 11.9. The van der Waals surface area contributed by atoms with Crippen LogP contribution in [0.2, 0.25) is 0 Å². The number of pyridine rings is 2. The van der Waals surface area contributed by atoms with Crippen molar-refractivity contribution in [2.24, 2.45) is 5.73 Å². The SMILES string of the molecule is CC[C@@]1(O)C(=O)OCc2c1cc1n(c2=O)Cc2c-1nc1cc(F)cc3c1c2CCC3N.Cl. The van der Waals surface area contributed by atoms with Gasteiger partial charge in [0.15, 0.2) is 5.60 Å². The van der Waals surface area contributed by atoms with Crippen molar-refractivity contribution in [1.82, 2.24) is 9.55 Å². The number of aliphatic hydroxyl groups is 1. The zero-order valence-corrected chi connectivity index (χ0v) is 18.1. The molecule has 0 bridgehead atoms. The van der Waals surface area contributed by atoms with Crippen molar-refractivity contribution in [3.63, 3.8) is 0 Å². The molecule has 0 amide bonds. The molecule has 3 aromatic rings. The van der Waals surface area contributed by atoms with E-state index < -0.39 is 17.4 Å². The maximum Gasteiger partial charge on any atom is 0.343 e. The van der Waals surface area contributed by atoms with E-state index in [2.05, 4.69) is 0 Å². The molecule has 32 heavy (non-hydrogen) atoms. The van der Waals surface area contributed by atoms with Crippen LogP contribution in [0.1, 0.15) is 53.6 Å². The van der Waals surface area contributed by atoms with Crippen LogP contribution in [0.15, 0.2) is 23.0 Å². The highest BCUT2D eigenvalue weighted by atomic mass is 35.5. The van der Waals surface area contributed by atoms with Gasteiger partial charge in [0.2, 0.25) is 0 Å². The third-order valence-corrected chi connectivity index (χ3v) is 7.00. The highest BCUT2D eigenvalue weighted by molar-refractivity contribution is 5.92. The summed E-state index contributed by atoms with van der Waals surface area (Å²) in [4.78, 5) is 30.3. The molecule has 3 aliphatic rings. The lowest BCUT2D eigenvalue weighted by atomic mass is 9.84. The molecule has 2 atom stereocenters. The second-order valence-electron chi connectivity index (χ2n) is 8.55. The van der Waals surface area contributed by atoms with Crippen molar-refractivity contribution in [3.05, 3.63) is 62.2 Å². The number of hydrogen-bond donors (Lipinski definition) is 2. The zero-order chi connectivity index (χ0) is 21.7. The minimum atomic E-state index is -1.87.